The van der Waals surface area contributed by atoms with Gasteiger partial charge in [-0.25, -0.2) is 0 Å². The average molecular weight is 276 g/mol. The Balaban J connectivity index is 2.84. The van der Waals surface area contributed by atoms with Crippen molar-refractivity contribution in [2.75, 3.05) is 20.6 Å². The van der Waals surface area contributed by atoms with Gasteiger partial charge in [-0.1, -0.05) is 39.0 Å². The summed E-state index contributed by atoms with van der Waals surface area (Å²) in [4.78, 5) is 2.45. The summed E-state index contributed by atoms with van der Waals surface area (Å²) in [7, 11) is 4.27. The summed E-state index contributed by atoms with van der Waals surface area (Å²) in [6.45, 7) is 14.6. The Hall–Kier alpha value is -0.860. The zero-order valence-electron chi connectivity index (χ0n) is 14.5. The van der Waals surface area contributed by atoms with Crippen molar-refractivity contribution in [1.82, 2.24) is 10.2 Å². The summed E-state index contributed by atoms with van der Waals surface area (Å²) in [6, 6.07) is 7.71. The van der Waals surface area contributed by atoms with Crippen LogP contribution in [0.15, 0.2) is 18.2 Å². The van der Waals surface area contributed by atoms with E-state index in [1.165, 1.54) is 16.7 Å². The molecule has 2 heteroatoms. The molecule has 0 aromatic heterocycles. The number of benzene rings is 1. The second kappa shape index (κ2) is 6.73. The molecule has 1 aromatic rings. The van der Waals surface area contributed by atoms with Gasteiger partial charge in [-0.2, -0.15) is 0 Å². The fraction of sp³-hybridized carbons (Fsp3) is 0.667. The van der Waals surface area contributed by atoms with Gasteiger partial charge in [0.2, 0.25) is 0 Å². The zero-order valence-corrected chi connectivity index (χ0v) is 14.5. The van der Waals surface area contributed by atoms with Gasteiger partial charge in [-0.15, -0.1) is 0 Å². The average Bonchev–Trinajstić information content (AvgIpc) is 2.37. The van der Waals surface area contributed by atoms with E-state index in [1.54, 1.807) is 0 Å². The van der Waals surface area contributed by atoms with Gasteiger partial charge in [0.25, 0.3) is 0 Å². The lowest BCUT2D eigenvalue weighted by Gasteiger charge is -2.37. The Kier molecular flexibility index (Phi) is 5.79. The zero-order chi connectivity index (χ0) is 15.5. The molecule has 0 aliphatic rings. The largest absolute Gasteiger partial charge is 0.312 e. The van der Waals surface area contributed by atoms with Crippen molar-refractivity contribution in [3.05, 3.63) is 34.9 Å². The van der Waals surface area contributed by atoms with Gasteiger partial charge >= 0.3 is 0 Å². The number of nitrogens with one attached hydrogen (secondary N) is 1. The second-order valence-corrected chi connectivity index (χ2v) is 7.17. The van der Waals surface area contributed by atoms with Gasteiger partial charge in [0.1, 0.15) is 0 Å². The molecule has 20 heavy (non-hydrogen) atoms. The van der Waals surface area contributed by atoms with Crippen LogP contribution >= 0.6 is 0 Å². The molecule has 0 aliphatic heterocycles. The molecule has 1 aromatic carbocycles. The van der Waals surface area contributed by atoms with Gasteiger partial charge in [0.05, 0.1) is 0 Å². The quantitative estimate of drug-likeness (QED) is 0.876. The lowest BCUT2D eigenvalue weighted by Crippen LogP contribution is -2.43. The standard InChI is InChI=1S/C18H32N2/c1-13-9-10-16(11-14(13)2)17(19-7)12-20(8)15(3)18(4,5)6/h9-11,15,17,19H,12H2,1-8H3. The first-order valence-electron chi connectivity index (χ1n) is 7.61. The van der Waals surface area contributed by atoms with E-state index in [-0.39, 0.29) is 0 Å². The molecule has 0 bridgehead atoms. The molecule has 0 saturated carbocycles. The van der Waals surface area contributed by atoms with E-state index in [0.717, 1.165) is 6.54 Å². The van der Waals surface area contributed by atoms with E-state index >= 15 is 0 Å². The number of rotatable bonds is 5. The van der Waals surface area contributed by atoms with Crippen molar-refractivity contribution in [2.45, 2.75) is 53.6 Å². The van der Waals surface area contributed by atoms with Gasteiger partial charge < -0.3 is 10.2 Å². The molecular formula is C18H32N2. The molecule has 2 atom stereocenters. The predicted molar refractivity (Wildman–Crippen MR) is 89.3 cm³/mol. The van der Waals surface area contributed by atoms with Crippen molar-refractivity contribution >= 4 is 0 Å². The fourth-order valence-electron chi connectivity index (χ4n) is 2.45. The van der Waals surface area contributed by atoms with Crippen LogP contribution in [0.3, 0.4) is 0 Å². The first kappa shape index (κ1) is 17.2. The van der Waals surface area contributed by atoms with E-state index in [2.05, 4.69) is 84.1 Å². The van der Waals surface area contributed by atoms with E-state index in [0.29, 0.717) is 17.5 Å². The molecule has 1 N–H and O–H groups in total. The summed E-state index contributed by atoms with van der Waals surface area (Å²) in [5, 5.41) is 3.46. The molecule has 1 rings (SSSR count). The maximum absolute atomic E-state index is 3.46. The number of likely N-dealkylation sites (N-methyl/N-ethyl adjacent to an activating group) is 2. The summed E-state index contributed by atoms with van der Waals surface area (Å²) in [5.74, 6) is 0. The highest BCUT2D eigenvalue weighted by Gasteiger charge is 2.25. The molecule has 0 saturated heterocycles. The van der Waals surface area contributed by atoms with Crippen molar-refractivity contribution < 1.29 is 0 Å². The maximum atomic E-state index is 3.46. The number of aryl methyl sites for hydroxylation is 2. The molecule has 2 unspecified atom stereocenters. The SMILES string of the molecule is CNC(CN(C)C(C)C(C)(C)C)c1ccc(C)c(C)c1. The van der Waals surface area contributed by atoms with Crippen LogP contribution in [0.25, 0.3) is 0 Å². The summed E-state index contributed by atoms with van der Waals surface area (Å²) < 4.78 is 0. The second-order valence-electron chi connectivity index (χ2n) is 7.17. The lowest BCUT2D eigenvalue weighted by molar-refractivity contribution is 0.130. The molecule has 0 spiro atoms. The summed E-state index contributed by atoms with van der Waals surface area (Å²) in [5.41, 5.74) is 4.41. The first-order valence-corrected chi connectivity index (χ1v) is 7.61. The van der Waals surface area contributed by atoms with Crippen molar-refractivity contribution in [3.63, 3.8) is 0 Å². The third-order valence-corrected chi connectivity index (χ3v) is 4.67. The van der Waals surface area contributed by atoms with Gasteiger partial charge in [0.15, 0.2) is 0 Å². The summed E-state index contributed by atoms with van der Waals surface area (Å²) >= 11 is 0. The fourth-order valence-corrected chi connectivity index (χ4v) is 2.45. The topological polar surface area (TPSA) is 15.3 Å². The monoisotopic (exact) mass is 276 g/mol. The third-order valence-electron chi connectivity index (χ3n) is 4.67. The van der Waals surface area contributed by atoms with E-state index in [4.69, 9.17) is 0 Å². The van der Waals surface area contributed by atoms with Crippen LogP contribution in [0, 0.1) is 19.3 Å². The third kappa shape index (κ3) is 4.32. The Bertz CT molecular complexity index is 432. The number of hydrogen-bond acceptors (Lipinski definition) is 2. The minimum absolute atomic E-state index is 0.302. The molecule has 0 heterocycles. The van der Waals surface area contributed by atoms with Crippen LogP contribution in [0.5, 0.6) is 0 Å². The number of nitrogens with zero attached hydrogens (tertiary/aromatic N) is 1. The molecule has 114 valence electrons. The van der Waals surface area contributed by atoms with Crippen LogP contribution in [-0.4, -0.2) is 31.6 Å². The lowest BCUT2D eigenvalue weighted by atomic mass is 9.87. The molecule has 2 nitrogen and oxygen atoms in total. The Morgan fingerprint density at radius 3 is 2.20 bits per heavy atom. The maximum Gasteiger partial charge on any atom is 0.0446 e. The van der Waals surface area contributed by atoms with Crippen molar-refractivity contribution in [2.24, 2.45) is 5.41 Å². The summed E-state index contributed by atoms with van der Waals surface area (Å²) in [6.07, 6.45) is 0. The van der Waals surface area contributed by atoms with Crippen molar-refractivity contribution in [3.8, 4) is 0 Å². The Morgan fingerprint density at radius 2 is 1.75 bits per heavy atom. The van der Waals surface area contributed by atoms with Crippen LogP contribution in [-0.2, 0) is 0 Å². The van der Waals surface area contributed by atoms with Crippen LogP contribution < -0.4 is 5.32 Å². The van der Waals surface area contributed by atoms with Crippen LogP contribution in [0.1, 0.15) is 50.4 Å². The first-order chi connectivity index (χ1) is 9.16. The molecule has 0 fully saturated rings. The minimum Gasteiger partial charge on any atom is -0.312 e. The van der Waals surface area contributed by atoms with Gasteiger partial charge in [0, 0.05) is 18.6 Å². The number of hydrogen-bond donors (Lipinski definition) is 1. The van der Waals surface area contributed by atoms with E-state index in [9.17, 15) is 0 Å². The van der Waals surface area contributed by atoms with E-state index in [1.807, 2.05) is 0 Å². The van der Waals surface area contributed by atoms with Crippen LogP contribution in [0.4, 0.5) is 0 Å². The minimum atomic E-state index is 0.302. The molecule has 0 aliphatic carbocycles. The highest BCUT2D eigenvalue weighted by Crippen LogP contribution is 2.25. The Labute approximate surface area is 125 Å². The Morgan fingerprint density at radius 1 is 1.15 bits per heavy atom. The highest BCUT2D eigenvalue weighted by atomic mass is 15.2. The van der Waals surface area contributed by atoms with Crippen molar-refractivity contribution in [1.29, 1.82) is 0 Å². The van der Waals surface area contributed by atoms with Gasteiger partial charge in [-0.05, 0) is 57.0 Å². The molecule has 0 radical (unpaired) electrons. The van der Waals surface area contributed by atoms with Gasteiger partial charge in [-0.3, -0.25) is 0 Å². The normalized spacial score (nSPS) is 15.4. The smallest absolute Gasteiger partial charge is 0.0446 e. The molecule has 0 amide bonds. The highest BCUT2D eigenvalue weighted by molar-refractivity contribution is 5.31. The predicted octanol–water partition coefficient (Wildman–Crippen LogP) is 3.93. The van der Waals surface area contributed by atoms with Crippen LogP contribution in [0.2, 0.25) is 0 Å². The van der Waals surface area contributed by atoms with E-state index < -0.39 is 0 Å². The molecular weight excluding hydrogens is 244 g/mol.